The standard InChI is InChI=1S/C22H19FN2O6/c1-2-29-20-11-14(12-24-25-21(26)16-5-3-4-6-17(16)23)7-9-18(20)30-13-15-8-10-19(31-15)22(27)28/h3-12H,2,13H2,1H3,(H,25,26)(H,27,28). The second kappa shape index (κ2) is 10.1. The summed E-state index contributed by atoms with van der Waals surface area (Å²) in [6.45, 7) is 2.20. The van der Waals surface area contributed by atoms with Crippen molar-refractivity contribution in [2.45, 2.75) is 13.5 Å². The molecule has 0 atom stereocenters. The second-order valence-electron chi connectivity index (χ2n) is 6.18. The fourth-order valence-electron chi connectivity index (χ4n) is 2.58. The third kappa shape index (κ3) is 5.69. The van der Waals surface area contributed by atoms with Gasteiger partial charge in [-0.1, -0.05) is 12.1 Å². The van der Waals surface area contributed by atoms with Gasteiger partial charge in [-0.2, -0.15) is 5.10 Å². The van der Waals surface area contributed by atoms with Gasteiger partial charge in [0.1, 0.15) is 18.2 Å². The first-order valence-electron chi connectivity index (χ1n) is 9.27. The molecule has 0 aliphatic rings. The van der Waals surface area contributed by atoms with Crippen LogP contribution in [-0.2, 0) is 6.61 Å². The summed E-state index contributed by atoms with van der Waals surface area (Å²) in [4.78, 5) is 22.9. The molecule has 0 bridgehead atoms. The number of carboxylic acid groups (broad SMARTS) is 1. The van der Waals surface area contributed by atoms with Gasteiger partial charge < -0.3 is 19.0 Å². The average molecular weight is 426 g/mol. The van der Waals surface area contributed by atoms with Crippen molar-refractivity contribution in [3.8, 4) is 11.5 Å². The summed E-state index contributed by atoms with van der Waals surface area (Å²) >= 11 is 0. The Balaban J connectivity index is 1.66. The van der Waals surface area contributed by atoms with E-state index in [0.717, 1.165) is 0 Å². The largest absolute Gasteiger partial charge is 0.490 e. The number of halogens is 1. The summed E-state index contributed by atoms with van der Waals surface area (Å²) in [6, 6.07) is 13.4. The van der Waals surface area contributed by atoms with E-state index in [0.29, 0.717) is 29.4 Å². The lowest BCUT2D eigenvalue weighted by Gasteiger charge is -2.11. The highest BCUT2D eigenvalue weighted by molar-refractivity contribution is 5.95. The zero-order valence-corrected chi connectivity index (χ0v) is 16.5. The molecule has 0 unspecified atom stereocenters. The number of hydrogen-bond acceptors (Lipinski definition) is 6. The normalized spacial score (nSPS) is 10.8. The summed E-state index contributed by atoms with van der Waals surface area (Å²) in [5.74, 6) is -1.44. The first-order valence-corrected chi connectivity index (χ1v) is 9.27. The highest BCUT2D eigenvalue weighted by atomic mass is 19.1. The SMILES string of the molecule is CCOc1cc(C=NNC(=O)c2ccccc2F)ccc1OCc1ccc(C(=O)O)o1. The number of furan rings is 1. The van der Waals surface area contributed by atoms with Crippen LogP contribution in [0.5, 0.6) is 11.5 Å². The van der Waals surface area contributed by atoms with Gasteiger partial charge in [-0.05, 0) is 55.0 Å². The van der Waals surface area contributed by atoms with Gasteiger partial charge in [0.15, 0.2) is 11.5 Å². The smallest absolute Gasteiger partial charge is 0.371 e. The number of nitrogens with zero attached hydrogens (tertiary/aromatic N) is 1. The van der Waals surface area contributed by atoms with E-state index in [1.165, 1.54) is 36.5 Å². The van der Waals surface area contributed by atoms with Crippen LogP contribution in [0.25, 0.3) is 0 Å². The van der Waals surface area contributed by atoms with Gasteiger partial charge >= 0.3 is 5.97 Å². The highest BCUT2D eigenvalue weighted by Crippen LogP contribution is 2.29. The summed E-state index contributed by atoms with van der Waals surface area (Å²) in [6.07, 6.45) is 1.39. The van der Waals surface area contributed by atoms with E-state index < -0.39 is 17.7 Å². The van der Waals surface area contributed by atoms with Gasteiger partial charge in [-0.15, -0.1) is 0 Å². The lowest BCUT2D eigenvalue weighted by Crippen LogP contribution is -2.18. The highest BCUT2D eigenvalue weighted by Gasteiger charge is 2.12. The number of nitrogens with one attached hydrogen (secondary N) is 1. The van der Waals surface area contributed by atoms with Crippen LogP contribution >= 0.6 is 0 Å². The number of ether oxygens (including phenoxy) is 2. The maximum atomic E-state index is 13.6. The van der Waals surface area contributed by atoms with Crippen LogP contribution in [0, 0.1) is 5.82 Å². The molecule has 2 aromatic carbocycles. The zero-order chi connectivity index (χ0) is 22.2. The van der Waals surface area contributed by atoms with Crippen LogP contribution in [0.3, 0.4) is 0 Å². The van der Waals surface area contributed by atoms with Crippen molar-refractivity contribution in [2.75, 3.05) is 6.61 Å². The number of carboxylic acids is 1. The molecule has 3 rings (SSSR count). The molecule has 0 radical (unpaired) electrons. The number of hydrazone groups is 1. The summed E-state index contributed by atoms with van der Waals surface area (Å²) in [5, 5.41) is 12.7. The maximum Gasteiger partial charge on any atom is 0.371 e. The Kier molecular flexibility index (Phi) is 7.00. The van der Waals surface area contributed by atoms with Crippen molar-refractivity contribution in [3.05, 3.63) is 83.1 Å². The molecule has 0 aliphatic heterocycles. The quantitative estimate of drug-likeness (QED) is 0.397. The number of benzene rings is 2. The van der Waals surface area contributed by atoms with Crippen LogP contribution < -0.4 is 14.9 Å². The average Bonchev–Trinajstić information content (AvgIpc) is 3.23. The van der Waals surface area contributed by atoms with E-state index >= 15 is 0 Å². The molecule has 0 saturated heterocycles. The molecule has 0 aliphatic carbocycles. The Hall–Kier alpha value is -4.14. The molecule has 3 aromatic rings. The lowest BCUT2D eigenvalue weighted by atomic mass is 10.2. The molecule has 0 fully saturated rings. The van der Waals surface area contributed by atoms with Crippen molar-refractivity contribution >= 4 is 18.1 Å². The summed E-state index contributed by atoms with van der Waals surface area (Å²) < 4.78 is 30.0. The van der Waals surface area contributed by atoms with E-state index in [2.05, 4.69) is 10.5 Å². The molecular weight excluding hydrogens is 407 g/mol. The van der Waals surface area contributed by atoms with Gasteiger partial charge in [0.05, 0.1) is 18.4 Å². The van der Waals surface area contributed by atoms with Crippen LogP contribution in [0.15, 0.2) is 64.1 Å². The monoisotopic (exact) mass is 426 g/mol. The molecule has 160 valence electrons. The molecule has 0 saturated carbocycles. The molecule has 1 aromatic heterocycles. The fraction of sp³-hybridized carbons (Fsp3) is 0.136. The van der Waals surface area contributed by atoms with E-state index in [1.807, 2.05) is 6.92 Å². The van der Waals surface area contributed by atoms with Crippen molar-refractivity contribution in [2.24, 2.45) is 5.10 Å². The van der Waals surface area contributed by atoms with Crippen LogP contribution in [0.2, 0.25) is 0 Å². The van der Waals surface area contributed by atoms with Gasteiger partial charge in [-0.3, -0.25) is 4.79 Å². The van der Waals surface area contributed by atoms with Gasteiger partial charge in [0.25, 0.3) is 5.91 Å². The molecule has 8 nitrogen and oxygen atoms in total. The molecule has 0 spiro atoms. The lowest BCUT2D eigenvalue weighted by molar-refractivity contribution is 0.0657. The van der Waals surface area contributed by atoms with Gasteiger partial charge in [0, 0.05) is 0 Å². The first-order chi connectivity index (χ1) is 15.0. The van der Waals surface area contributed by atoms with Gasteiger partial charge in [-0.25, -0.2) is 14.6 Å². The third-order valence-corrected chi connectivity index (χ3v) is 4.01. The number of amides is 1. The molecule has 1 heterocycles. The number of carbonyl (C=O) groups excluding carboxylic acids is 1. The number of carbonyl (C=O) groups is 2. The minimum atomic E-state index is -1.16. The Morgan fingerprint density at radius 2 is 1.94 bits per heavy atom. The Morgan fingerprint density at radius 3 is 2.65 bits per heavy atom. The van der Waals surface area contributed by atoms with Crippen LogP contribution in [-0.4, -0.2) is 29.8 Å². The summed E-state index contributed by atoms with van der Waals surface area (Å²) in [7, 11) is 0. The minimum absolute atomic E-state index is 0.0134. The van der Waals surface area contributed by atoms with Crippen molar-refractivity contribution in [1.82, 2.24) is 5.43 Å². The number of hydrogen-bond donors (Lipinski definition) is 2. The fourth-order valence-corrected chi connectivity index (χ4v) is 2.58. The van der Waals surface area contributed by atoms with Crippen LogP contribution in [0.4, 0.5) is 4.39 Å². The Labute approximate surface area is 176 Å². The van der Waals surface area contributed by atoms with E-state index in [1.54, 1.807) is 24.3 Å². The van der Waals surface area contributed by atoms with E-state index in [9.17, 15) is 14.0 Å². The van der Waals surface area contributed by atoms with Crippen molar-refractivity contribution in [3.63, 3.8) is 0 Å². The summed E-state index contributed by atoms with van der Waals surface area (Å²) in [5.41, 5.74) is 2.77. The first kappa shape index (κ1) is 21.6. The maximum absolute atomic E-state index is 13.6. The Bertz CT molecular complexity index is 1110. The predicted octanol–water partition coefficient (Wildman–Crippen LogP) is 3.86. The number of rotatable bonds is 9. The number of aromatic carboxylic acids is 1. The Morgan fingerprint density at radius 1 is 1.13 bits per heavy atom. The second-order valence-corrected chi connectivity index (χ2v) is 6.18. The molecule has 9 heteroatoms. The molecule has 1 amide bonds. The van der Waals surface area contributed by atoms with Crippen molar-refractivity contribution in [1.29, 1.82) is 0 Å². The zero-order valence-electron chi connectivity index (χ0n) is 16.5. The third-order valence-electron chi connectivity index (χ3n) is 4.01. The topological polar surface area (TPSA) is 110 Å². The predicted molar refractivity (Wildman–Crippen MR) is 109 cm³/mol. The minimum Gasteiger partial charge on any atom is -0.490 e. The van der Waals surface area contributed by atoms with Crippen LogP contribution in [0.1, 0.15) is 39.2 Å². The molecule has 2 N–H and O–H groups in total. The van der Waals surface area contributed by atoms with E-state index in [4.69, 9.17) is 19.0 Å². The van der Waals surface area contributed by atoms with E-state index in [-0.39, 0.29) is 17.9 Å². The van der Waals surface area contributed by atoms with Crippen molar-refractivity contribution < 1.29 is 33.0 Å². The van der Waals surface area contributed by atoms with Gasteiger partial charge in [0.2, 0.25) is 5.76 Å². The molecular formula is C22H19FN2O6. The molecule has 31 heavy (non-hydrogen) atoms.